The molecule has 5 unspecified atom stereocenters. The van der Waals surface area contributed by atoms with Crippen LogP contribution in [0.1, 0.15) is 77.0 Å². The van der Waals surface area contributed by atoms with E-state index in [2.05, 4.69) is 4.90 Å². The second-order valence-electron chi connectivity index (χ2n) is 9.54. The van der Waals surface area contributed by atoms with E-state index in [9.17, 15) is 4.79 Å². The minimum Gasteiger partial charge on any atom is -0.339 e. The molecule has 5 fully saturated rings. The molecule has 0 aromatic rings. The van der Waals surface area contributed by atoms with E-state index in [4.69, 9.17) is 0 Å². The predicted molar refractivity (Wildman–Crippen MR) is 91.8 cm³/mol. The van der Waals surface area contributed by atoms with Crippen LogP contribution in [0.4, 0.5) is 0 Å². The topological polar surface area (TPSA) is 20.3 Å². The van der Waals surface area contributed by atoms with Crippen molar-refractivity contribution >= 4 is 5.91 Å². The number of nitrogens with zero attached hydrogens (tertiary/aromatic N) is 1. The summed E-state index contributed by atoms with van der Waals surface area (Å²) in [5, 5.41) is 0. The van der Waals surface area contributed by atoms with Crippen LogP contribution in [0.25, 0.3) is 0 Å². The van der Waals surface area contributed by atoms with Crippen LogP contribution in [0.3, 0.4) is 0 Å². The Morgan fingerprint density at radius 3 is 2.35 bits per heavy atom. The van der Waals surface area contributed by atoms with Gasteiger partial charge in [0, 0.05) is 18.5 Å². The first-order valence-electron chi connectivity index (χ1n) is 10.6. The van der Waals surface area contributed by atoms with Crippen molar-refractivity contribution in [3.8, 4) is 0 Å². The molecule has 1 amide bonds. The van der Waals surface area contributed by atoms with Gasteiger partial charge in [0.25, 0.3) is 0 Å². The molecule has 5 aliphatic carbocycles. The van der Waals surface area contributed by atoms with Crippen LogP contribution in [-0.4, -0.2) is 23.4 Å². The Bertz CT molecular complexity index is 464. The molecule has 128 valence electrons. The molecule has 2 heteroatoms. The highest BCUT2D eigenvalue weighted by Crippen LogP contribution is 2.52. The molecule has 5 atom stereocenters. The third-order valence-corrected chi connectivity index (χ3v) is 8.06. The summed E-state index contributed by atoms with van der Waals surface area (Å²) in [6.45, 7) is 1.09. The van der Waals surface area contributed by atoms with E-state index in [1.807, 2.05) is 0 Å². The summed E-state index contributed by atoms with van der Waals surface area (Å²) in [6.07, 6.45) is 16.7. The van der Waals surface area contributed by atoms with Gasteiger partial charge in [-0.15, -0.1) is 0 Å². The Labute approximate surface area is 141 Å². The van der Waals surface area contributed by atoms with Gasteiger partial charge in [-0.1, -0.05) is 32.1 Å². The highest BCUT2D eigenvalue weighted by atomic mass is 16.2. The summed E-state index contributed by atoms with van der Waals surface area (Å²) >= 11 is 0. The minimum atomic E-state index is 0.429. The maximum absolute atomic E-state index is 13.0. The van der Waals surface area contributed by atoms with Gasteiger partial charge in [0.2, 0.25) is 5.91 Å². The van der Waals surface area contributed by atoms with E-state index in [1.165, 1.54) is 77.0 Å². The van der Waals surface area contributed by atoms with Gasteiger partial charge in [-0.3, -0.25) is 4.79 Å². The van der Waals surface area contributed by atoms with Crippen LogP contribution >= 0.6 is 0 Å². The van der Waals surface area contributed by atoms with Gasteiger partial charge >= 0.3 is 0 Å². The molecule has 0 N–H and O–H groups in total. The molecular weight excluding hydrogens is 282 g/mol. The van der Waals surface area contributed by atoms with Crippen LogP contribution in [-0.2, 0) is 4.79 Å². The lowest BCUT2D eigenvalue weighted by Gasteiger charge is -2.28. The maximum Gasteiger partial charge on any atom is 0.226 e. The van der Waals surface area contributed by atoms with Gasteiger partial charge < -0.3 is 4.90 Å². The standard InChI is InChI=1S/C21H33NO/c23-21(20-13-19(20)15-3-1-2-4-15)22(18-7-8-18)10-9-17-12-14-5-6-16(17)11-14/h14-20H,1-13H2. The molecule has 0 aromatic heterocycles. The Morgan fingerprint density at radius 2 is 1.70 bits per heavy atom. The summed E-state index contributed by atoms with van der Waals surface area (Å²) in [6, 6.07) is 0.630. The predicted octanol–water partition coefficient (Wildman–Crippen LogP) is 4.63. The number of carbonyl (C=O) groups excluding carboxylic acids is 1. The molecule has 2 nitrogen and oxygen atoms in total. The molecule has 23 heavy (non-hydrogen) atoms. The van der Waals surface area contributed by atoms with Gasteiger partial charge in [0.15, 0.2) is 0 Å². The monoisotopic (exact) mass is 315 g/mol. The number of carbonyl (C=O) groups is 1. The smallest absolute Gasteiger partial charge is 0.226 e. The van der Waals surface area contributed by atoms with Gasteiger partial charge in [0.05, 0.1) is 0 Å². The number of amides is 1. The zero-order valence-corrected chi connectivity index (χ0v) is 14.6. The lowest BCUT2D eigenvalue weighted by molar-refractivity contribution is -0.134. The van der Waals surface area contributed by atoms with Crippen molar-refractivity contribution in [3.05, 3.63) is 0 Å². The van der Waals surface area contributed by atoms with E-state index in [-0.39, 0.29) is 0 Å². The molecule has 0 heterocycles. The number of rotatable bonds is 6. The van der Waals surface area contributed by atoms with Crippen LogP contribution in [0.2, 0.25) is 0 Å². The molecular formula is C21H33NO. The Balaban J connectivity index is 1.16. The molecule has 0 aromatic carbocycles. The maximum atomic E-state index is 13.0. The van der Waals surface area contributed by atoms with E-state index < -0.39 is 0 Å². The number of fused-ring (bicyclic) bond motifs is 2. The molecule has 5 aliphatic rings. The average Bonchev–Trinajstić information content (AvgIpc) is 3.41. The third-order valence-electron chi connectivity index (χ3n) is 8.06. The number of hydrogen-bond acceptors (Lipinski definition) is 1. The molecule has 0 aliphatic heterocycles. The van der Waals surface area contributed by atoms with Gasteiger partial charge in [-0.2, -0.15) is 0 Å². The second-order valence-corrected chi connectivity index (χ2v) is 9.54. The van der Waals surface area contributed by atoms with Gasteiger partial charge in [-0.25, -0.2) is 0 Å². The van der Waals surface area contributed by atoms with Crippen LogP contribution in [0, 0.1) is 35.5 Å². The van der Waals surface area contributed by atoms with Crippen molar-refractivity contribution in [1.29, 1.82) is 0 Å². The molecule has 0 saturated heterocycles. The Hall–Kier alpha value is -0.530. The summed E-state index contributed by atoms with van der Waals surface area (Å²) < 4.78 is 0. The Morgan fingerprint density at radius 1 is 0.870 bits per heavy atom. The first-order chi connectivity index (χ1) is 11.3. The van der Waals surface area contributed by atoms with Crippen LogP contribution in [0.15, 0.2) is 0 Å². The van der Waals surface area contributed by atoms with E-state index in [0.29, 0.717) is 17.9 Å². The molecule has 0 radical (unpaired) electrons. The Kier molecular flexibility index (Phi) is 3.71. The van der Waals surface area contributed by atoms with E-state index in [1.54, 1.807) is 0 Å². The quantitative estimate of drug-likeness (QED) is 0.700. The first-order valence-corrected chi connectivity index (χ1v) is 10.6. The fourth-order valence-corrected chi connectivity index (χ4v) is 6.51. The second kappa shape index (κ2) is 5.77. The van der Waals surface area contributed by atoms with Crippen molar-refractivity contribution < 1.29 is 4.79 Å². The van der Waals surface area contributed by atoms with E-state index in [0.717, 1.165) is 36.1 Å². The zero-order valence-electron chi connectivity index (χ0n) is 14.6. The summed E-state index contributed by atoms with van der Waals surface area (Å²) in [5.41, 5.74) is 0. The normalized spacial score (nSPS) is 42.3. The molecule has 0 spiro atoms. The largest absolute Gasteiger partial charge is 0.339 e. The SMILES string of the molecule is O=C(C1CC1C1CCCC1)N(CCC1CC2CCC1C2)C1CC1. The summed E-state index contributed by atoms with van der Waals surface area (Å²) in [5.74, 6) is 5.68. The summed E-state index contributed by atoms with van der Waals surface area (Å²) in [4.78, 5) is 15.4. The lowest BCUT2D eigenvalue weighted by atomic mass is 9.86. The summed E-state index contributed by atoms with van der Waals surface area (Å²) in [7, 11) is 0. The fraction of sp³-hybridized carbons (Fsp3) is 0.952. The van der Waals surface area contributed by atoms with Crippen molar-refractivity contribution in [1.82, 2.24) is 4.90 Å². The third kappa shape index (κ3) is 2.85. The van der Waals surface area contributed by atoms with Crippen molar-refractivity contribution in [2.75, 3.05) is 6.54 Å². The van der Waals surface area contributed by atoms with Crippen LogP contribution < -0.4 is 0 Å². The molecule has 5 rings (SSSR count). The average molecular weight is 316 g/mol. The molecule has 5 saturated carbocycles. The van der Waals surface area contributed by atoms with Gasteiger partial charge in [0.1, 0.15) is 0 Å². The van der Waals surface area contributed by atoms with Crippen molar-refractivity contribution in [3.63, 3.8) is 0 Å². The lowest BCUT2D eigenvalue weighted by Crippen LogP contribution is -2.37. The highest BCUT2D eigenvalue weighted by molar-refractivity contribution is 5.82. The number of hydrogen-bond donors (Lipinski definition) is 0. The van der Waals surface area contributed by atoms with E-state index >= 15 is 0 Å². The van der Waals surface area contributed by atoms with Crippen molar-refractivity contribution in [2.45, 2.75) is 83.1 Å². The zero-order chi connectivity index (χ0) is 15.4. The van der Waals surface area contributed by atoms with Crippen LogP contribution in [0.5, 0.6) is 0 Å². The molecule has 2 bridgehead atoms. The first kappa shape index (κ1) is 14.8. The minimum absolute atomic E-state index is 0.429. The fourth-order valence-electron chi connectivity index (χ4n) is 6.51. The van der Waals surface area contributed by atoms with Crippen molar-refractivity contribution in [2.24, 2.45) is 35.5 Å². The van der Waals surface area contributed by atoms with Gasteiger partial charge in [-0.05, 0) is 74.5 Å². The highest BCUT2D eigenvalue weighted by Gasteiger charge is 2.51.